The van der Waals surface area contributed by atoms with E-state index in [1.165, 1.54) is 0 Å². The fourth-order valence-corrected chi connectivity index (χ4v) is 1.82. The molecule has 0 spiro atoms. The number of carbonyl (C=O) groups is 1. The van der Waals surface area contributed by atoms with Gasteiger partial charge in [-0.1, -0.05) is 12.1 Å². The van der Waals surface area contributed by atoms with Crippen LogP contribution in [-0.4, -0.2) is 21.8 Å². The van der Waals surface area contributed by atoms with Crippen molar-refractivity contribution < 1.29 is 4.79 Å². The zero-order valence-electron chi connectivity index (χ0n) is 8.96. The van der Waals surface area contributed by atoms with Crippen molar-refractivity contribution in [2.75, 3.05) is 6.26 Å². The molecule has 1 aromatic carbocycles. The molecule has 2 rings (SSSR count). The summed E-state index contributed by atoms with van der Waals surface area (Å²) in [5, 5.41) is 4.01. The molecule has 0 aliphatic rings. The van der Waals surface area contributed by atoms with Crippen molar-refractivity contribution in [2.45, 2.75) is 11.4 Å². The molecular weight excluding hydrogens is 220 g/mol. The van der Waals surface area contributed by atoms with Crippen LogP contribution in [0.1, 0.15) is 10.4 Å². The van der Waals surface area contributed by atoms with Crippen LogP contribution < -0.4 is 0 Å². The van der Waals surface area contributed by atoms with Gasteiger partial charge in [0.15, 0.2) is 5.78 Å². The van der Waals surface area contributed by atoms with Gasteiger partial charge in [-0.2, -0.15) is 5.10 Å². The van der Waals surface area contributed by atoms with Gasteiger partial charge in [-0.3, -0.25) is 9.48 Å². The van der Waals surface area contributed by atoms with Gasteiger partial charge in [0.1, 0.15) is 6.54 Å². The van der Waals surface area contributed by atoms with E-state index in [4.69, 9.17) is 0 Å². The SMILES string of the molecule is CSc1ccc(C(=O)Cn2cccn2)cc1. The van der Waals surface area contributed by atoms with Crippen LogP contribution in [0, 0.1) is 0 Å². The van der Waals surface area contributed by atoms with Gasteiger partial charge in [0, 0.05) is 22.9 Å². The average molecular weight is 232 g/mol. The van der Waals surface area contributed by atoms with Crippen LogP contribution >= 0.6 is 11.8 Å². The highest BCUT2D eigenvalue weighted by molar-refractivity contribution is 7.98. The Labute approximate surface area is 98.5 Å². The summed E-state index contributed by atoms with van der Waals surface area (Å²) < 4.78 is 1.63. The molecule has 0 fully saturated rings. The first-order valence-corrected chi connectivity index (χ1v) is 6.17. The van der Waals surface area contributed by atoms with Crippen LogP contribution in [0.3, 0.4) is 0 Å². The van der Waals surface area contributed by atoms with Crippen LogP contribution in [0.25, 0.3) is 0 Å². The highest BCUT2D eigenvalue weighted by atomic mass is 32.2. The van der Waals surface area contributed by atoms with Gasteiger partial charge in [0.05, 0.1) is 0 Å². The number of carbonyl (C=O) groups excluding carboxylic acids is 1. The van der Waals surface area contributed by atoms with E-state index in [0.29, 0.717) is 6.54 Å². The lowest BCUT2D eigenvalue weighted by Gasteiger charge is -2.02. The van der Waals surface area contributed by atoms with Crippen molar-refractivity contribution in [1.82, 2.24) is 9.78 Å². The highest BCUT2D eigenvalue weighted by Gasteiger charge is 2.06. The predicted octanol–water partition coefficient (Wildman–Crippen LogP) is 2.49. The summed E-state index contributed by atoms with van der Waals surface area (Å²) in [7, 11) is 0. The average Bonchev–Trinajstić information content (AvgIpc) is 2.82. The van der Waals surface area contributed by atoms with E-state index in [-0.39, 0.29) is 5.78 Å². The second-order valence-corrected chi connectivity index (χ2v) is 4.23. The number of thioether (sulfide) groups is 1. The van der Waals surface area contributed by atoms with Gasteiger partial charge in [0.2, 0.25) is 0 Å². The maximum atomic E-state index is 11.8. The molecular formula is C12H12N2OS. The Kier molecular flexibility index (Phi) is 3.41. The largest absolute Gasteiger partial charge is 0.292 e. The molecule has 0 saturated heterocycles. The van der Waals surface area contributed by atoms with Crippen molar-refractivity contribution in [3.8, 4) is 0 Å². The van der Waals surface area contributed by atoms with E-state index in [0.717, 1.165) is 10.5 Å². The molecule has 0 bridgehead atoms. The van der Waals surface area contributed by atoms with Gasteiger partial charge in [0.25, 0.3) is 0 Å². The summed E-state index contributed by atoms with van der Waals surface area (Å²) in [6.45, 7) is 0.297. The summed E-state index contributed by atoms with van der Waals surface area (Å²) in [5.74, 6) is 0.0800. The molecule has 0 N–H and O–H groups in total. The Hall–Kier alpha value is -1.55. The van der Waals surface area contributed by atoms with E-state index in [1.807, 2.05) is 36.6 Å². The molecule has 82 valence electrons. The van der Waals surface area contributed by atoms with Crippen LogP contribution in [-0.2, 0) is 6.54 Å². The number of rotatable bonds is 4. The quantitative estimate of drug-likeness (QED) is 0.600. The third-order valence-electron chi connectivity index (χ3n) is 2.28. The second-order valence-electron chi connectivity index (χ2n) is 3.36. The number of hydrogen-bond acceptors (Lipinski definition) is 3. The van der Waals surface area contributed by atoms with Crippen LogP contribution in [0.4, 0.5) is 0 Å². The van der Waals surface area contributed by atoms with Gasteiger partial charge >= 0.3 is 0 Å². The lowest BCUT2D eigenvalue weighted by molar-refractivity contribution is 0.0967. The Morgan fingerprint density at radius 3 is 2.69 bits per heavy atom. The number of ketones is 1. The normalized spacial score (nSPS) is 10.3. The Bertz CT molecular complexity index is 462. The Morgan fingerprint density at radius 1 is 1.38 bits per heavy atom. The lowest BCUT2D eigenvalue weighted by Crippen LogP contribution is -2.10. The van der Waals surface area contributed by atoms with E-state index < -0.39 is 0 Å². The molecule has 0 unspecified atom stereocenters. The molecule has 1 heterocycles. The fourth-order valence-electron chi connectivity index (χ4n) is 1.41. The molecule has 2 aromatic rings. The number of nitrogens with zero attached hydrogens (tertiary/aromatic N) is 2. The minimum atomic E-state index is 0.0800. The third-order valence-corrected chi connectivity index (χ3v) is 3.02. The van der Waals surface area contributed by atoms with Gasteiger partial charge in [-0.25, -0.2) is 0 Å². The molecule has 0 aliphatic carbocycles. The summed E-state index contributed by atoms with van der Waals surface area (Å²) in [4.78, 5) is 13.0. The van der Waals surface area contributed by atoms with Crippen LogP contribution in [0.15, 0.2) is 47.6 Å². The van der Waals surface area contributed by atoms with Crippen molar-refractivity contribution in [2.24, 2.45) is 0 Å². The molecule has 0 amide bonds. The zero-order valence-corrected chi connectivity index (χ0v) is 9.78. The highest BCUT2D eigenvalue weighted by Crippen LogP contribution is 2.15. The molecule has 4 heteroatoms. The summed E-state index contributed by atoms with van der Waals surface area (Å²) in [6, 6.07) is 9.45. The monoisotopic (exact) mass is 232 g/mol. The molecule has 0 saturated carbocycles. The van der Waals surface area contributed by atoms with Gasteiger partial charge in [-0.05, 0) is 24.5 Å². The van der Waals surface area contributed by atoms with E-state index in [1.54, 1.807) is 28.8 Å². The molecule has 0 aliphatic heterocycles. The predicted molar refractivity (Wildman–Crippen MR) is 64.8 cm³/mol. The minimum absolute atomic E-state index is 0.0800. The Balaban J connectivity index is 2.09. The van der Waals surface area contributed by atoms with E-state index in [2.05, 4.69) is 5.10 Å². The summed E-state index contributed by atoms with van der Waals surface area (Å²) in [6.07, 6.45) is 5.47. The topological polar surface area (TPSA) is 34.9 Å². The molecule has 3 nitrogen and oxygen atoms in total. The number of aromatic nitrogens is 2. The maximum Gasteiger partial charge on any atom is 0.184 e. The first-order chi connectivity index (χ1) is 7.79. The van der Waals surface area contributed by atoms with Crippen molar-refractivity contribution in [1.29, 1.82) is 0 Å². The van der Waals surface area contributed by atoms with Gasteiger partial charge in [-0.15, -0.1) is 11.8 Å². The summed E-state index contributed by atoms with van der Waals surface area (Å²) in [5.41, 5.74) is 0.730. The molecule has 1 aromatic heterocycles. The van der Waals surface area contributed by atoms with E-state index >= 15 is 0 Å². The lowest BCUT2D eigenvalue weighted by atomic mass is 10.1. The maximum absolute atomic E-state index is 11.8. The summed E-state index contributed by atoms with van der Waals surface area (Å²) >= 11 is 1.67. The van der Waals surface area contributed by atoms with Crippen molar-refractivity contribution in [3.05, 3.63) is 48.3 Å². The number of benzene rings is 1. The number of hydrogen-bond donors (Lipinski definition) is 0. The Morgan fingerprint density at radius 2 is 2.12 bits per heavy atom. The van der Waals surface area contributed by atoms with Crippen molar-refractivity contribution >= 4 is 17.5 Å². The van der Waals surface area contributed by atoms with Crippen molar-refractivity contribution in [3.63, 3.8) is 0 Å². The molecule has 0 radical (unpaired) electrons. The van der Waals surface area contributed by atoms with Gasteiger partial charge < -0.3 is 0 Å². The zero-order chi connectivity index (χ0) is 11.4. The third kappa shape index (κ3) is 2.52. The second kappa shape index (κ2) is 4.99. The first-order valence-electron chi connectivity index (χ1n) is 4.94. The minimum Gasteiger partial charge on any atom is -0.292 e. The van der Waals surface area contributed by atoms with Crippen LogP contribution in [0.2, 0.25) is 0 Å². The standard InChI is InChI=1S/C12H12N2OS/c1-16-11-5-3-10(4-6-11)12(15)9-14-8-2-7-13-14/h2-8H,9H2,1H3. The van der Waals surface area contributed by atoms with Crippen LogP contribution in [0.5, 0.6) is 0 Å². The molecule has 16 heavy (non-hydrogen) atoms. The van der Waals surface area contributed by atoms with E-state index in [9.17, 15) is 4.79 Å². The first kappa shape index (κ1) is 11.0. The smallest absolute Gasteiger partial charge is 0.184 e. The fraction of sp³-hybridized carbons (Fsp3) is 0.167. The number of Topliss-reactive ketones (excluding diaryl/α,β-unsaturated/α-hetero) is 1. The molecule has 0 atom stereocenters.